The SMILES string of the molecule is Cc1sc2nc(SCC(=O)NC3CCCC3)[nH]c(=O)c2c1-c1ccc(F)cc1. The number of halogens is 1. The summed E-state index contributed by atoms with van der Waals surface area (Å²) >= 11 is 2.66. The van der Waals surface area contributed by atoms with Gasteiger partial charge in [-0.3, -0.25) is 9.59 Å². The zero-order valence-electron chi connectivity index (χ0n) is 15.4. The molecule has 0 saturated heterocycles. The second kappa shape index (κ2) is 8.05. The van der Waals surface area contributed by atoms with Crippen LogP contribution in [0.25, 0.3) is 21.3 Å². The van der Waals surface area contributed by atoms with Crippen LogP contribution in [0.3, 0.4) is 0 Å². The molecular weight excluding hydrogens is 397 g/mol. The summed E-state index contributed by atoms with van der Waals surface area (Å²) in [5.74, 6) is -0.128. The quantitative estimate of drug-likeness (QED) is 0.481. The van der Waals surface area contributed by atoms with E-state index in [1.54, 1.807) is 12.1 Å². The molecule has 0 spiro atoms. The van der Waals surface area contributed by atoms with Crippen LogP contribution >= 0.6 is 23.1 Å². The van der Waals surface area contributed by atoms with E-state index in [-0.39, 0.29) is 29.1 Å². The van der Waals surface area contributed by atoms with E-state index in [4.69, 9.17) is 0 Å². The van der Waals surface area contributed by atoms with Crippen LogP contribution in [0.2, 0.25) is 0 Å². The molecular formula is C20H20FN3O2S2. The van der Waals surface area contributed by atoms with Crippen molar-refractivity contribution in [1.82, 2.24) is 15.3 Å². The number of aromatic nitrogens is 2. The molecule has 0 bridgehead atoms. The normalized spacial score (nSPS) is 14.6. The minimum absolute atomic E-state index is 0.0333. The number of nitrogens with zero attached hydrogens (tertiary/aromatic N) is 1. The second-order valence-corrected chi connectivity index (χ2v) is 9.10. The summed E-state index contributed by atoms with van der Waals surface area (Å²) < 4.78 is 13.2. The van der Waals surface area contributed by atoms with Gasteiger partial charge in [0.15, 0.2) is 5.16 Å². The molecule has 1 aliphatic rings. The van der Waals surface area contributed by atoms with E-state index in [0.717, 1.165) is 41.7 Å². The maximum Gasteiger partial charge on any atom is 0.260 e. The average Bonchev–Trinajstić information content (AvgIpc) is 3.28. The highest BCUT2D eigenvalue weighted by Gasteiger charge is 2.19. The largest absolute Gasteiger partial charge is 0.353 e. The summed E-state index contributed by atoms with van der Waals surface area (Å²) in [6.07, 6.45) is 4.41. The monoisotopic (exact) mass is 417 g/mol. The van der Waals surface area contributed by atoms with E-state index >= 15 is 0 Å². The van der Waals surface area contributed by atoms with Crippen LogP contribution in [0.5, 0.6) is 0 Å². The number of carbonyl (C=O) groups is 1. The van der Waals surface area contributed by atoms with E-state index in [1.807, 2.05) is 6.92 Å². The molecule has 0 atom stereocenters. The van der Waals surface area contributed by atoms with Crippen LogP contribution in [0, 0.1) is 12.7 Å². The summed E-state index contributed by atoms with van der Waals surface area (Å²) in [6.45, 7) is 1.92. The summed E-state index contributed by atoms with van der Waals surface area (Å²) in [4.78, 5) is 33.7. The Labute approximate surface area is 169 Å². The Morgan fingerprint density at radius 2 is 2.04 bits per heavy atom. The Bertz CT molecular complexity index is 1070. The van der Waals surface area contributed by atoms with Gasteiger partial charge in [0, 0.05) is 16.5 Å². The smallest absolute Gasteiger partial charge is 0.260 e. The van der Waals surface area contributed by atoms with Gasteiger partial charge < -0.3 is 10.3 Å². The molecule has 1 aromatic carbocycles. The Balaban J connectivity index is 1.56. The Morgan fingerprint density at radius 3 is 2.75 bits per heavy atom. The third-order valence-electron chi connectivity index (χ3n) is 4.91. The summed E-state index contributed by atoms with van der Waals surface area (Å²) in [7, 11) is 0. The molecule has 3 aromatic rings. The third kappa shape index (κ3) is 3.98. The third-order valence-corrected chi connectivity index (χ3v) is 6.78. The molecule has 0 aliphatic heterocycles. The van der Waals surface area contributed by atoms with Gasteiger partial charge in [-0.25, -0.2) is 9.37 Å². The molecule has 2 heterocycles. The number of nitrogens with one attached hydrogen (secondary N) is 2. The van der Waals surface area contributed by atoms with Gasteiger partial charge in [-0.05, 0) is 37.5 Å². The van der Waals surface area contributed by atoms with Crippen molar-refractivity contribution in [2.24, 2.45) is 0 Å². The Morgan fingerprint density at radius 1 is 1.32 bits per heavy atom. The number of benzene rings is 1. The first-order valence-corrected chi connectivity index (χ1v) is 11.0. The molecule has 8 heteroatoms. The molecule has 0 unspecified atom stereocenters. The van der Waals surface area contributed by atoms with E-state index < -0.39 is 0 Å². The lowest BCUT2D eigenvalue weighted by molar-refractivity contribution is -0.119. The summed E-state index contributed by atoms with van der Waals surface area (Å²) in [5.41, 5.74) is 1.32. The molecule has 146 valence electrons. The van der Waals surface area contributed by atoms with Gasteiger partial charge in [0.1, 0.15) is 10.6 Å². The fourth-order valence-electron chi connectivity index (χ4n) is 3.61. The van der Waals surface area contributed by atoms with Gasteiger partial charge in [0.2, 0.25) is 5.91 Å². The number of thioether (sulfide) groups is 1. The van der Waals surface area contributed by atoms with Gasteiger partial charge in [-0.2, -0.15) is 0 Å². The Kier molecular flexibility index (Phi) is 5.50. The number of H-pyrrole nitrogens is 1. The van der Waals surface area contributed by atoms with Crippen molar-refractivity contribution in [2.45, 2.75) is 43.8 Å². The molecule has 28 heavy (non-hydrogen) atoms. The van der Waals surface area contributed by atoms with Gasteiger partial charge in [-0.1, -0.05) is 36.7 Å². The molecule has 5 nitrogen and oxygen atoms in total. The molecule has 2 aromatic heterocycles. The van der Waals surface area contributed by atoms with Gasteiger partial charge in [0.25, 0.3) is 5.56 Å². The number of fused-ring (bicyclic) bond motifs is 1. The van der Waals surface area contributed by atoms with E-state index in [1.165, 1.54) is 35.2 Å². The zero-order chi connectivity index (χ0) is 19.7. The molecule has 2 N–H and O–H groups in total. The number of hydrogen-bond acceptors (Lipinski definition) is 5. The van der Waals surface area contributed by atoms with Gasteiger partial charge in [0.05, 0.1) is 11.1 Å². The van der Waals surface area contributed by atoms with E-state index in [2.05, 4.69) is 15.3 Å². The fraction of sp³-hybridized carbons (Fsp3) is 0.350. The number of aryl methyl sites for hydroxylation is 1. The fourth-order valence-corrected chi connectivity index (χ4v) is 5.38. The van der Waals surface area contributed by atoms with E-state index in [9.17, 15) is 14.0 Å². The number of amides is 1. The maximum absolute atomic E-state index is 13.2. The highest BCUT2D eigenvalue weighted by molar-refractivity contribution is 7.99. The summed E-state index contributed by atoms with van der Waals surface area (Å²) in [5, 5.41) is 3.98. The molecule has 1 aliphatic carbocycles. The first kappa shape index (κ1) is 19.1. The van der Waals surface area contributed by atoms with Gasteiger partial charge in [-0.15, -0.1) is 11.3 Å². The maximum atomic E-state index is 13.2. The molecule has 4 rings (SSSR count). The van der Waals surface area contributed by atoms with Crippen LogP contribution in [0.4, 0.5) is 4.39 Å². The van der Waals surface area contributed by atoms with Crippen molar-refractivity contribution < 1.29 is 9.18 Å². The van der Waals surface area contributed by atoms with Crippen LogP contribution in [-0.4, -0.2) is 27.7 Å². The number of thiophene rings is 1. The number of carbonyl (C=O) groups excluding carboxylic acids is 1. The van der Waals surface area contributed by atoms with Crippen LogP contribution in [0.1, 0.15) is 30.6 Å². The van der Waals surface area contributed by atoms with Crippen molar-refractivity contribution in [3.8, 4) is 11.1 Å². The molecule has 1 saturated carbocycles. The minimum Gasteiger partial charge on any atom is -0.353 e. The predicted octanol–water partition coefficient (Wildman–Crippen LogP) is 4.25. The van der Waals surface area contributed by atoms with Crippen LogP contribution < -0.4 is 10.9 Å². The standard InChI is InChI=1S/C20H20FN3O2S2/c1-11-16(12-6-8-13(21)9-7-12)17-18(26)23-20(24-19(17)28-11)27-10-15(25)22-14-4-2-3-5-14/h6-9,14H,2-5,10H2,1H3,(H,22,25)(H,23,24,26). The predicted molar refractivity (Wildman–Crippen MR) is 111 cm³/mol. The number of hydrogen-bond donors (Lipinski definition) is 2. The lowest BCUT2D eigenvalue weighted by atomic mass is 10.0. The van der Waals surface area contributed by atoms with Crippen molar-refractivity contribution in [3.05, 3.63) is 45.3 Å². The topological polar surface area (TPSA) is 74.8 Å². The number of aromatic amines is 1. The average molecular weight is 418 g/mol. The van der Waals surface area contributed by atoms with Crippen LogP contribution in [-0.2, 0) is 4.79 Å². The van der Waals surface area contributed by atoms with Crippen LogP contribution in [0.15, 0.2) is 34.2 Å². The zero-order valence-corrected chi connectivity index (χ0v) is 17.0. The van der Waals surface area contributed by atoms with E-state index in [0.29, 0.717) is 15.4 Å². The van der Waals surface area contributed by atoms with Crippen molar-refractivity contribution in [1.29, 1.82) is 0 Å². The van der Waals surface area contributed by atoms with Crippen molar-refractivity contribution in [2.75, 3.05) is 5.75 Å². The van der Waals surface area contributed by atoms with Crippen molar-refractivity contribution >= 4 is 39.2 Å². The first-order valence-electron chi connectivity index (χ1n) is 9.23. The molecule has 1 fully saturated rings. The summed E-state index contributed by atoms with van der Waals surface area (Å²) in [6, 6.07) is 6.37. The second-order valence-electron chi connectivity index (χ2n) is 6.93. The highest BCUT2D eigenvalue weighted by Crippen LogP contribution is 2.36. The lowest BCUT2D eigenvalue weighted by Gasteiger charge is -2.11. The minimum atomic E-state index is -0.317. The first-order chi connectivity index (χ1) is 13.5. The lowest BCUT2D eigenvalue weighted by Crippen LogP contribution is -2.33. The van der Waals surface area contributed by atoms with Crippen molar-refractivity contribution in [3.63, 3.8) is 0 Å². The Hall–Kier alpha value is -2.19. The number of rotatable bonds is 5. The highest BCUT2D eigenvalue weighted by atomic mass is 32.2. The molecule has 1 amide bonds. The van der Waals surface area contributed by atoms with Gasteiger partial charge >= 0.3 is 0 Å². The molecule has 0 radical (unpaired) electrons.